The van der Waals surface area contributed by atoms with E-state index in [1.807, 2.05) is 18.2 Å². The number of para-hydroxylation sites is 1. The molecule has 0 aliphatic heterocycles. The molecule has 0 radical (unpaired) electrons. The van der Waals surface area contributed by atoms with E-state index >= 15 is 0 Å². The highest BCUT2D eigenvalue weighted by molar-refractivity contribution is 6.35. The number of hydrogen-bond acceptors (Lipinski definition) is 2. The number of rotatable bonds is 4. The van der Waals surface area contributed by atoms with E-state index in [0.717, 1.165) is 17.6 Å². The monoisotopic (exact) mass is 279 g/mol. The second-order valence-corrected chi connectivity index (χ2v) is 6.25. The molecule has 0 unspecified atom stereocenters. The molecule has 2 N–H and O–H groups in total. The van der Waals surface area contributed by atoms with Crippen LogP contribution in [0.4, 0.5) is 5.95 Å². The van der Waals surface area contributed by atoms with Gasteiger partial charge in [0.05, 0.1) is 10.5 Å². The van der Waals surface area contributed by atoms with Crippen molar-refractivity contribution in [3.05, 3.63) is 23.2 Å². The summed E-state index contributed by atoms with van der Waals surface area (Å²) in [6, 6.07) is 5.83. The number of nitrogens with two attached hydrogens (primary N) is 1. The van der Waals surface area contributed by atoms with Crippen LogP contribution in [0, 0.1) is 17.8 Å². The molecule has 0 aliphatic rings. The molecule has 1 aromatic carbocycles. The Bertz CT molecular complexity index is 564. The maximum absolute atomic E-state index is 6.17. The van der Waals surface area contributed by atoms with E-state index in [1.54, 1.807) is 0 Å². The number of benzene rings is 1. The van der Waals surface area contributed by atoms with Crippen molar-refractivity contribution < 1.29 is 0 Å². The molecule has 2 rings (SSSR count). The number of imidazole rings is 1. The number of anilines is 1. The van der Waals surface area contributed by atoms with Crippen LogP contribution in [0.3, 0.4) is 0 Å². The van der Waals surface area contributed by atoms with E-state index in [4.69, 9.17) is 17.3 Å². The minimum Gasteiger partial charge on any atom is -0.369 e. The van der Waals surface area contributed by atoms with Gasteiger partial charge in [-0.25, -0.2) is 4.98 Å². The van der Waals surface area contributed by atoms with Gasteiger partial charge in [0.15, 0.2) is 0 Å². The highest BCUT2D eigenvalue weighted by Crippen LogP contribution is 2.29. The number of hydrogen-bond donors (Lipinski definition) is 1. The number of nitrogen functional groups attached to an aromatic ring is 1. The lowest BCUT2D eigenvalue weighted by Crippen LogP contribution is -2.22. The summed E-state index contributed by atoms with van der Waals surface area (Å²) in [4.78, 5) is 4.39. The number of aromatic nitrogens is 2. The Labute approximate surface area is 119 Å². The van der Waals surface area contributed by atoms with Crippen LogP contribution < -0.4 is 5.73 Å². The molecule has 2 aromatic rings. The molecule has 19 heavy (non-hydrogen) atoms. The third-order valence-corrected chi connectivity index (χ3v) is 4.17. The standard InChI is InChI=1S/C15H22ClN3/c1-9(2)11(10(3)4)8-19-13-7-5-6-12(16)14(13)18-15(19)17/h5-7,9-11H,8H2,1-4H3,(H2,17,18). The van der Waals surface area contributed by atoms with Crippen molar-refractivity contribution in [2.75, 3.05) is 5.73 Å². The van der Waals surface area contributed by atoms with Crippen LogP contribution in [0.1, 0.15) is 27.7 Å². The maximum atomic E-state index is 6.17. The summed E-state index contributed by atoms with van der Waals surface area (Å²) in [5.41, 5.74) is 7.89. The lowest BCUT2D eigenvalue weighted by molar-refractivity contribution is 0.255. The van der Waals surface area contributed by atoms with Gasteiger partial charge >= 0.3 is 0 Å². The van der Waals surface area contributed by atoms with Gasteiger partial charge in [0, 0.05) is 6.54 Å². The summed E-state index contributed by atoms with van der Waals surface area (Å²) < 4.78 is 2.09. The Morgan fingerprint density at radius 2 is 1.84 bits per heavy atom. The van der Waals surface area contributed by atoms with Crippen molar-refractivity contribution in [1.82, 2.24) is 9.55 Å². The van der Waals surface area contributed by atoms with Gasteiger partial charge in [0.25, 0.3) is 0 Å². The van der Waals surface area contributed by atoms with Crippen LogP contribution in [-0.4, -0.2) is 9.55 Å². The third kappa shape index (κ3) is 2.71. The molecular formula is C15H22ClN3. The summed E-state index contributed by atoms with van der Waals surface area (Å²) in [6.07, 6.45) is 0. The number of nitrogens with zero attached hydrogens (tertiary/aromatic N) is 2. The lowest BCUT2D eigenvalue weighted by Gasteiger charge is -2.25. The first-order chi connectivity index (χ1) is 8.91. The molecule has 1 aromatic heterocycles. The summed E-state index contributed by atoms with van der Waals surface area (Å²) in [7, 11) is 0. The number of fused-ring (bicyclic) bond motifs is 1. The van der Waals surface area contributed by atoms with E-state index in [2.05, 4.69) is 37.2 Å². The smallest absolute Gasteiger partial charge is 0.201 e. The number of halogens is 1. The average molecular weight is 280 g/mol. The summed E-state index contributed by atoms with van der Waals surface area (Å²) in [5.74, 6) is 2.33. The van der Waals surface area contributed by atoms with Gasteiger partial charge in [0.1, 0.15) is 5.52 Å². The summed E-state index contributed by atoms with van der Waals surface area (Å²) in [6.45, 7) is 9.91. The maximum Gasteiger partial charge on any atom is 0.201 e. The van der Waals surface area contributed by atoms with E-state index in [0.29, 0.717) is 28.7 Å². The molecule has 0 amide bonds. The molecule has 0 fully saturated rings. The fourth-order valence-corrected chi connectivity index (χ4v) is 2.94. The molecule has 0 saturated carbocycles. The van der Waals surface area contributed by atoms with Gasteiger partial charge < -0.3 is 10.3 Å². The zero-order chi connectivity index (χ0) is 14.2. The van der Waals surface area contributed by atoms with Gasteiger partial charge in [-0.2, -0.15) is 0 Å². The van der Waals surface area contributed by atoms with E-state index in [-0.39, 0.29) is 0 Å². The van der Waals surface area contributed by atoms with Crippen molar-refractivity contribution in [3.63, 3.8) is 0 Å². The molecular weight excluding hydrogens is 258 g/mol. The van der Waals surface area contributed by atoms with E-state index in [9.17, 15) is 0 Å². The van der Waals surface area contributed by atoms with Crippen molar-refractivity contribution in [1.29, 1.82) is 0 Å². The molecule has 0 aliphatic carbocycles. The van der Waals surface area contributed by atoms with Gasteiger partial charge in [0.2, 0.25) is 5.95 Å². The Balaban J connectivity index is 2.45. The molecule has 1 heterocycles. The second-order valence-electron chi connectivity index (χ2n) is 5.84. The second kappa shape index (κ2) is 5.41. The first kappa shape index (κ1) is 14.2. The highest BCUT2D eigenvalue weighted by Gasteiger charge is 2.21. The summed E-state index contributed by atoms with van der Waals surface area (Å²) >= 11 is 6.17. The average Bonchev–Trinajstić information content (AvgIpc) is 2.63. The first-order valence-corrected chi connectivity index (χ1v) is 7.19. The van der Waals surface area contributed by atoms with Crippen LogP contribution in [0.25, 0.3) is 11.0 Å². The molecule has 104 valence electrons. The van der Waals surface area contributed by atoms with Gasteiger partial charge in [-0.3, -0.25) is 0 Å². The molecule has 4 heteroatoms. The summed E-state index contributed by atoms with van der Waals surface area (Å²) in [5, 5.41) is 0.661. The Kier molecular flexibility index (Phi) is 4.04. The minimum absolute atomic E-state index is 0.550. The predicted octanol–water partition coefficient (Wildman–Crippen LogP) is 4.20. The lowest BCUT2D eigenvalue weighted by atomic mass is 9.85. The topological polar surface area (TPSA) is 43.8 Å². The van der Waals surface area contributed by atoms with E-state index < -0.39 is 0 Å². The largest absolute Gasteiger partial charge is 0.369 e. The molecule has 0 saturated heterocycles. The SMILES string of the molecule is CC(C)C(Cn1c(N)nc2c(Cl)cccc21)C(C)C. The molecule has 0 bridgehead atoms. The van der Waals surface area contributed by atoms with Gasteiger partial charge in [-0.05, 0) is 29.9 Å². The van der Waals surface area contributed by atoms with Crippen LogP contribution in [-0.2, 0) is 6.54 Å². The van der Waals surface area contributed by atoms with Crippen LogP contribution in [0.15, 0.2) is 18.2 Å². The Morgan fingerprint density at radius 3 is 2.42 bits per heavy atom. The third-order valence-electron chi connectivity index (χ3n) is 3.87. The highest BCUT2D eigenvalue weighted by atomic mass is 35.5. The Morgan fingerprint density at radius 1 is 1.21 bits per heavy atom. The molecule has 0 atom stereocenters. The van der Waals surface area contributed by atoms with Crippen LogP contribution in [0.2, 0.25) is 5.02 Å². The van der Waals surface area contributed by atoms with Gasteiger partial charge in [-0.1, -0.05) is 45.4 Å². The first-order valence-electron chi connectivity index (χ1n) is 6.82. The zero-order valence-electron chi connectivity index (χ0n) is 12.0. The minimum atomic E-state index is 0.550. The van der Waals surface area contributed by atoms with Crippen molar-refractivity contribution in [2.45, 2.75) is 34.2 Å². The fraction of sp³-hybridized carbons (Fsp3) is 0.533. The quantitative estimate of drug-likeness (QED) is 0.911. The normalized spacial score (nSPS) is 12.2. The Hall–Kier alpha value is -1.22. The van der Waals surface area contributed by atoms with Crippen LogP contribution in [0.5, 0.6) is 0 Å². The molecule has 0 spiro atoms. The van der Waals surface area contributed by atoms with E-state index in [1.165, 1.54) is 0 Å². The van der Waals surface area contributed by atoms with Gasteiger partial charge in [-0.15, -0.1) is 0 Å². The van der Waals surface area contributed by atoms with Crippen molar-refractivity contribution in [2.24, 2.45) is 17.8 Å². The fourth-order valence-electron chi connectivity index (χ4n) is 2.72. The van der Waals surface area contributed by atoms with Crippen LogP contribution >= 0.6 is 11.6 Å². The molecule has 3 nitrogen and oxygen atoms in total. The predicted molar refractivity (Wildman–Crippen MR) is 82.3 cm³/mol. The zero-order valence-corrected chi connectivity index (χ0v) is 12.8. The van der Waals surface area contributed by atoms with Crippen molar-refractivity contribution in [3.8, 4) is 0 Å². The van der Waals surface area contributed by atoms with Crippen molar-refractivity contribution >= 4 is 28.6 Å².